The lowest BCUT2D eigenvalue weighted by Gasteiger charge is -2.11. The van der Waals surface area contributed by atoms with Gasteiger partial charge in [0.2, 0.25) is 0 Å². The topological polar surface area (TPSA) is 32.3 Å². The molecule has 1 aromatic carbocycles. The van der Waals surface area contributed by atoms with Gasteiger partial charge in [0.25, 0.3) is 0 Å². The molecule has 4 heteroatoms. The van der Waals surface area contributed by atoms with Crippen molar-refractivity contribution in [2.75, 3.05) is 6.61 Å². The van der Waals surface area contributed by atoms with Crippen LogP contribution >= 0.6 is 27.5 Å². The second kappa shape index (κ2) is 5.71. The third-order valence-electron chi connectivity index (χ3n) is 1.93. The van der Waals surface area contributed by atoms with E-state index < -0.39 is 0 Å². The van der Waals surface area contributed by atoms with Crippen LogP contribution in [-0.2, 0) is 6.54 Å². The summed E-state index contributed by atoms with van der Waals surface area (Å²) in [5.74, 6) is 0. The smallest absolute Gasteiger partial charge is 0.0582 e. The third-order valence-corrected chi connectivity index (χ3v) is 2.90. The molecule has 1 rings (SSSR count). The number of nitrogens with one attached hydrogen (secondary N) is 1. The zero-order chi connectivity index (χ0) is 10.6. The Hall–Kier alpha value is -0.0900. The predicted molar refractivity (Wildman–Crippen MR) is 62.5 cm³/mol. The summed E-state index contributed by atoms with van der Waals surface area (Å²) >= 11 is 9.25. The van der Waals surface area contributed by atoms with Crippen molar-refractivity contribution in [3.8, 4) is 0 Å². The van der Waals surface area contributed by atoms with E-state index in [1.54, 1.807) is 0 Å². The first-order chi connectivity index (χ1) is 6.63. The Morgan fingerprint density at radius 2 is 2.29 bits per heavy atom. The highest BCUT2D eigenvalue weighted by Crippen LogP contribution is 2.21. The van der Waals surface area contributed by atoms with Gasteiger partial charge in [-0.05, 0) is 24.6 Å². The summed E-state index contributed by atoms with van der Waals surface area (Å²) < 4.78 is 0.989. The van der Waals surface area contributed by atoms with Gasteiger partial charge in [-0.3, -0.25) is 0 Å². The maximum absolute atomic E-state index is 8.83. The molecular formula is C10H13BrClNO. The van der Waals surface area contributed by atoms with Crippen molar-refractivity contribution in [1.82, 2.24) is 5.32 Å². The van der Waals surface area contributed by atoms with E-state index in [9.17, 15) is 0 Å². The Labute approximate surface area is 97.4 Å². The van der Waals surface area contributed by atoms with Gasteiger partial charge in [0.05, 0.1) is 6.61 Å². The highest BCUT2D eigenvalue weighted by atomic mass is 79.9. The van der Waals surface area contributed by atoms with Crippen LogP contribution in [0, 0.1) is 0 Å². The number of hydrogen-bond acceptors (Lipinski definition) is 2. The van der Waals surface area contributed by atoms with Gasteiger partial charge in [-0.25, -0.2) is 0 Å². The van der Waals surface area contributed by atoms with Gasteiger partial charge < -0.3 is 10.4 Å². The molecule has 2 N–H and O–H groups in total. The molecule has 0 saturated heterocycles. The van der Waals surface area contributed by atoms with Crippen LogP contribution < -0.4 is 5.32 Å². The quantitative estimate of drug-likeness (QED) is 0.887. The molecule has 0 aliphatic carbocycles. The molecule has 0 aliphatic rings. The molecule has 0 amide bonds. The first-order valence-corrected chi connectivity index (χ1v) is 5.58. The fraction of sp³-hybridized carbons (Fsp3) is 0.400. The van der Waals surface area contributed by atoms with Crippen LogP contribution in [0.25, 0.3) is 0 Å². The van der Waals surface area contributed by atoms with Gasteiger partial charge in [-0.1, -0.05) is 33.6 Å². The summed E-state index contributed by atoms with van der Waals surface area (Å²) in [5.41, 5.74) is 1.13. The molecule has 14 heavy (non-hydrogen) atoms. The van der Waals surface area contributed by atoms with Crippen LogP contribution in [0.5, 0.6) is 0 Å². The molecule has 0 unspecified atom stereocenters. The molecule has 0 bridgehead atoms. The summed E-state index contributed by atoms with van der Waals surface area (Å²) in [6.45, 7) is 2.80. The number of halogens is 2. The molecule has 2 nitrogen and oxygen atoms in total. The normalized spacial score (nSPS) is 12.9. The molecule has 0 heterocycles. The minimum atomic E-state index is 0.109. The minimum absolute atomic E-state index is 0.109. The lowest BCUT2D eigenvalue weighted by Crippen LogP contribution is -2.28. The first-order valence-electron chi connectivity index (χ1n) is 4.41. The number of benzene rings is 1. The lowest BCUT2D eigenvalue weighted by molar-refractivity contribution is 0.251. The largest absolute Gasteiger partial charge is 0.395 e. The average molecular weight is 279 g/mol. The van der Waals surface area contributed by atoms with Gasteiger partial charge in [-0.2, -0.15) is 0 Å². The van der Waals surface area contributed by atoms with Crippen molar-refractivity contribution in [1.29, 1.82) is 0 Å². The maximum atomic E-state index is 8.83. The van der Waals surface area contributed by atoms with Crippen LogP contribution in [0.15, 0.2) is 22.7 Å². The van der Waals surface area contributed by atoms with Gasteiger partial charge in [-0.15, -0.1) is 0 Å². The second-order valence-corrected chi connectivity index (χ2v) is 4.49. The van der Waals surface area contributed by atoms with Crippen molar-refractivity contribution < 1.29 is 5.11 Å². The Bertz CT molecular complexity index is 306. The third kappa shape index (κ3) is 3.58. The van der Waals surface area contributed by atoms with E-state index >= 15 is 0 Å². The fourth-order valence-electron chi connectivity index (χ4n) is 1.01. The molecule has 0 aromatic heterocycles. The molecule has 0 aliphatic heterocycles. The molecule has 0 spiro atoms. The predicted octanol–water partition coefficient (Wildman–Crippen LogP) is 2.57. The van der Waals surface area contributed by atoms with Crippen LogP contribution in [0.3, 0.4) is 0 Å². The standard InChI is InChI=1S/C10H13BrClNO/c1-7(6-14)13-5-8-2-3-9(12)4-10(8)11/h2-4,7,13-14H,5-6H2,1H3/t7-/m1/s1. The SMILES string of the molecule is C[C@H](CO)NCc1ccc(Cl)cc1Br. The maximum Gasteiger partial charge on any atom is 0.0582 e. The average Bonchev–Trinajstić information content (AvgIpc) is 2.16. The van der Waals surface area contributed by atoms with E-state index in [1.165, 1.54) is 0 Å². The number of aliphatic hydroxyl groups excluding tert-OH is 1. The number of hydrogen-bond donors (Lipinski definition) is 2. The van der Waals surface area contributed by atoms with Crippen LogP contribution in [0.1, 0.15) is 12.5 Å². The second-order valence-electron chi connectivity index (χ2n) is 3.20. The molecule has 78 valence electrons. The van der Waals surface area contributed by atoms with Crippen LogP contribution in [0.4, 0.5) is 0 Å². The van der Waals surface area contributed by atoms with E-state index in [1.807, 2.05) is 25.1 Å². The van der Waals surface area contributed by atoms with Crippen molar-refractivity contribution in [2.45, 2.75) is 19.5 Å². The van der Waals surface area contributed by atoms with Gasteiger partial charge in [0.1, 0.15) is 0 Å². The molecular weight excluding hydrogens is 265 g/mol. The van der Waals surface area contributed by atoms with E-state index in [0.29, 0.717) is 0 Å². The highest BCUT2D eigenvalue weighted by molar-refractivity contribution is 9.10. The van der Waals surface area contributed by atoms with Crippen molar-refractivity contribution in [3.63, 3.8) is 0 Å². The van der Waals surface area contributed by atoms with E-state index in [4.69, 9.17) is 16.7 Å². The molecule has 0 saturated carbocycles. The zero-order valence-electron chi connectivity index (χ0n) is 7.93. The summed E-state index contributed by atoms with van der Waals surface area (Å²) in [5, 5.41) is 12.7. The van der Waals surface area contributed by atoms with Crippen molar-refractivity contribution in [3.05, 3.63) is 33.3 Å². The first kappa shape index (κ1) is 12.0. The molecule has 1 aromatic rings. The highest BCUT2D eigenvalue weighted by Gasteiger charge is 2.02. The Balaban J connectivity index is 2.59. The molecule has 1 atom stereocenters. The fourth-order valence-corrected chi connectivity index (χ4v) is 1.84. The summed E-state index contributed by atoms with van der Waals surface area (Å²) in [7, 11) is 0. The van der Waals surface area contributed by atoms with E-state index in [-0.39, 0.29) is 12.6 Å². The molecule has 0 fully saturated rings. The minimum Gasteiger partial charge on any atom is -0.395 e. The van der Waals surface area contributed by atoms with Crippen LogP contribution in [-0.4, -0.2) is 17.8 Å². The monoisotopic (exact) mass is 277 g/mol. The summed E-state index contributed by atoms with van der Waals surface area (Å²) in [4.78, 5) is 0. The van der Waals surface area contributed by atoms with E-state index in [0.717, 1.165) is 21.6 Å². The van der Waals surface area contributed by atoms with Gasteiger partial charge >= 0.3 is 0 Å². The summed E-state index contributed by atoms with van der Waals surface area (Å²) in [6, 6.07) is 5.79. The lowest BCUT2D eigenvalue weighted by atomic mass is 10.2. The van der Waals surface area contributed by atoms with Crippen LogP contribution in [0.2, 0.25) is 5.02 Å². The van der Waals surface area contributed by atoms with Crippen molar-refractivity contribution in [2.24, 2.45) is 0 Å². The van der Waals surface area contributed by atoms with Crippen molar-refractivity contribution >= 4 is 27.5 Å². The molecule has 0 radical (unpaired) electrons. The van der Waals surface area contributed by atoms with Gasteiger partial charge in [0, 0.05) is 22.1 Å². The van der Waals surface area contributed by atoms with Gasteiger partial charge in [0.15, 0.2) is 0 Å². The zero-order valence-corrected chi connectivity index (χ0v) is 10.3. The van der Waals surface area contributed by atoms with E-state index in [2.05, 4.69) is 21.2 Å². The number of aliphatic hydroxyl groups is 1. The Morgan fingerprint density at radius 1 is 1.57 bits per heavy atom. The number of rotatable bonds is 4. The Morgan fingerprint density at radius 3 is 2.86 bits per heavy atom. The summed E-state index contributed by atoms with van der Waals surface area (Å²) in [6.07, 6.45) is 0. The Kier molecular flexibility index (Phi) is 4.89.